The van der Waals surface area contributed by atoms with Crippen molar-refractivity contribution in [3.05, 3.63) is 34.8 Å². The van der Waals surface area contributed by atoms with E-state index in [9.17, 15) is 4.79 Å². The minimum Gasteiger partial charge on any atom is -0.408 e. The van der Waals surface area contributed by atoms with Crippen molar-refractivity contribution in [2.24, 2.45) is 5.92 Å². The Morgan fingerprint density at radius 3 is 3.00 bits per heavy atom. The van der Waals surface area contributed by atoms with Crippen LogP contribution in [0.3, 0.4) is 0 Å². The fourth-order valence-corrected chi connectivity index (χ4v) is 3.15. The molecular weight excluding hydrogens is 252 g/mol. The van der Waals surface area contributed by atoms with E-state index in [0.29, 0.717) is 12.1 Å². The summed E-state index contributed by atoms with van der Waals surface area (Å²) in [5, 5.41) is 0. The molecule has 0 radical (unpaired) electrons. The van der Waals surface area contributed by atoms with Gasteiger partial charge < -0.3 is 9.32 Å². The van der Waals surface area contributed by atoms with Gasteiger partial charge in [0.15, 0.2) is 5.58 Å². The largest absolute Gasteiger partial charge is 0.419 e. The quantitative estimate of drug-likeness (QED) is 0.860. The Bertz CT molecular complexity index is 629. The van der Waals surface area contributed by atoms with Gasteiger partial charge in [0.25, 0.3) is 0 Å². The highest BCUT2D eigenvalue weighted by Crippen LogP contribution is 2.19. The molecule has 0 spiro atoms. The van der Waals surface area contributed by atoms with E-state index in [1.807, 2.05) is 24.3 Å². The van der Waals surface area contributed by atoms with Crippen molar-refractivity contribution >= 4 is 11.1 Å². The van der Waals surface area contributed by atoms with Gasteiger partial charge in [0.1, 0.15) is 0 Å². The molecule has 108 valence electrons. The Labute approximate surface area is 119 Å². The van der Waals surface area contributed by atoms with Crippen LogP contribution >= 0.6 is 0 Å². The smallest absolute Gasteiger partial charge is 0.408 e. The summed E-state index contributed by atoms with van der Waals surface area (Å²) in [4.78, 5) is 14.4. The van der Waals surface area contributed by atoms with Crippen LogP contribution in [0.5, 0.6) is 0 Å². The van der Waals surface area contributed by atoms with E-state index < -0.39 is 0 Å². The molecule has 4 heteroatoms. The molecule has 1 aromatic heterocycles. The average molecular weight is 274 g/mol. The molecule has 0 saturated carbocycles. The second-order valence-electron chi connectivity index (χ2n) is 5.70. The first-order chi connectivity index (χ1) is 9.78. The summed E-state index contributed by atoms with van der Waals surface area (Å²) in [7, 11) is 0. The first-order valence-electron chi connectivity index (χ1n) is 7.58. The molecule has 1 aromatic carbocycles. The Hall–Kier alpha value is -1.55. The Kier molecular flexibility index (Phi) is 3.92. The van der Waals surface area contributed by atoms with Gasteiger partial charge in [-0.25, -0.2) is 4.79 Å². The highest BCUT2D eigenvalue weighted by Gasteiger charge is 2.18. The van der Waals surface area contributed by atoms with Crippen LogP contribution in [-0.2, 0) is 6.54 Å². The fourth-order valence-electron chi connectivity index (χ4n) is 3.15. The van der Waals surface area contributed by atoms with E-state index >= 15 is 0 Å². The lowest BCUT2D eigenvalue weighted by atomic mass is 9.96. The minimum atomic E-state index is -0.241. The number of hydrogen-bond donors (Lipinski definition) is 0. The SMILES string of the molecule is CC[C@@H]1CCCN(CCn2c(=O)oc3ccccc32)C1. The summed E-state index contributed by atoms with van der Waals surface area (Å²) in [5.41, 5.74) is 1.59. The topological polar surface area (TPSA) is 38.4 Å². The van der Waals surface area contributed by atoms with Crippen molar-refractivity contribution in [3.63, 3.8) is 0 Å². The third-order valence-corrected chi connectivity index (χ3v) is 4.39. The summed E-state index contributed by atoms with van der Waals surface area (Å²) >= 11 is 0. The average Bonchev–Trinajstić information content (AvgIpc) is 2.81. The van der Waals surface area contributed by atoms with Crippen LogP contribution in [0.15, 0.2) is 33.5 Å². The Morgan fingerprint density at radius 2 is 2.15 bits per heavy atom. The van der Waals surface area contributed by atoms with Crippen LogP contribution in [0.2, 0.25) is 0 Å². The summed E-state index contributed by atoms with van der Waals surface area (Å²) in [6, 6.07) is 7.64. The number of benzene rings is 1. The number of oxazole rings is 1. The normalized spacial score (nSPS) is 20.6. The molecule has 2 heterocycles. The van der Waals surface area contributed by atoms with Crippen LogP contribution in [0.4, 0.5) is 0 Å². The second kappa shape index (κ2) is 5.83. The zero-order valence-electron chi connectivity index (χ0n) is 12.0. The first kappa shape index (κ1) is 13.4. The van der Waals surface area contributed by atoms with Crippen molar-refractivity contribution in [2.45, 2.75) is 32.7 Å². The van der Waals surface area contributed by atoms with Gasteiger partial charge in [0.05, 0.1) is 5.52 Å². The van der Waals surface area contributed by atoms with E-state index in [2.05, 4.69) is 11.8 Å². The molecule has 0 unspecified atom stereocenters. The molecule has 0 amide bonds. The van der Waals surface area contributed by atoms with Crippen molar-refractivity contribution in [2.75, 3.05) is 19.6 Å². The molecule has 1 saturated heterocycles. The zero-order chi connectivity index (χ0) is 13.9. The molecular formula is C16H22N2O2. The van der Waals surface area contributed by atoms with Gasteiger partial charge in [-0.3, -0.25) is 4.57 Å². The van der Waals surface area contributed by atoms with Crippen LogP contribution in [0.25, 0.3) is 11.1 Å². The molecule has 0 bridgehead atoms. The molecule has 1 aliphatic rings. The number of hydrogen-bond acceptors (Lipinski definition) is 3. The summed E-state index contributed by atoms with van der Waals surface area (Å²) in [6.07, 6.45) is 3.88. The first-order valence-corrected chi connectivity index (χ1v) is 7.58. The molecule has 0 aliphatic carbocycles. The van der Waals surface area contributed by atoms with E-state index in [1.165, 1.54) is 25.8 Å². The Balaban J connectivity index is 1.71. The number of rotatable bonds is 4. The highest BCUT2D eigenvalue weighted by atomic mass is 16.4. The number of aromatic nitrogens is 1. The van der Waals surface area contributed by atoms with Gasteiger partial charge in [-0.2, -0.15) is 0 Å². The van der Waals surface area contributed by atoms with Gasteiger partial charge >= 0.3 is 5.76 Å². The molecule has 1 atom stereocenters. The maximum absolute atomic E-state index is 11.9. The van der Waals surface area contributed by atoms with Crippen molar-refractivity contribution in [1.29, 1.82) is 0 Å². The summed E-state index contributed by atoms with van der Waals surface area (Å²) < 4.78 is 7.02. The second-order valence-corrected chi connectivity index (χ2v) is 5.70. The van der Waals surface area contributed by atoms with Gasteiger partial charge in [0, 0.05) is 19.6 Å². The minimum absolute atomic E-state index is 0.241. The molecule has 1 aliphatic heterocycles. The summed E-state index contributed by atoms with van der Waals surface area (Å²) in [6.45, 7) is 6.23. The maximum Gasteiger partial charge on any atom is 0.419 e. The van der Waals surface area contributed by atoms with E-state index in [4.69, 9.17) is 4.42 Å². The van der Waals surface area contributed by atoms with Crippen LogP contribution in [-0.4, -0.2) is 29.1 Å². The lowest BCUT2D eigenvalue weighted by Gasteiger charge is -2.32. The molecule has 3 rings (SSSR count). The molecule has 0 N–H and O–H groups in total. The summed E-state index contributed by atoms with van der Waals surface area (Å²) in [5.74, 6) is 0.580. The Morgan fingerprint density at radius 1 is 1.30 bits per heavy atom. The zero-order valence-corrected chi connectivity index (χ0v) is 12.0. The number of likely N-dealkylation sites (tertiary alicyclic amines) is 1. The van der Waals surface area contributed by atoms with Crippen LogP contribution in [0, 0.1) is 5.92 Å². The third kappa shape index (κ3) is 2.66. The van der Waals surface area contributed by atoms with Gasteiger partial charge in [0.2, 0.25) is 0 Å². The number of fused-ring (bicyclic) bond motifs is 1. The number of nitrogens with zero attached hydrogens (tertiary/aromatic N) is 2. The fraction of sp³-hybridized carbons (Fsp3) is 0.562. The monoisotopic (exact) mass is 274 g/mol. The van der Waals surface area contributed by atoms with Crippen LogP contribution < -0.4 is 5.76 Å². The van der Waals surface area contributed by atoms with E-state index in [1.54, 1.807) is 4.57 Å². The van der Waals surface area contributed by atoms with Gasteiger partial charge in [-0.05, 0) is 37.4 Å². The molecule has 4 nitrogen and oxygen atoms in total. The lowest BCUT2D eigenvalue weighted by molar-refractivity contribution is 0.166. The van der Waals surface area contributed by atoms with Gasteiger partial charge in [-0.1, -0.05) is 25.5 Å². The van der Waals surface area contributed by atoms with E-state index in [0.717, 1.165) is 24.5 Å². The van der Waals surface area contributed by atoms with Crippen molar-refractivity contribution in [3.8, 4) is 0 Å². The predicted molar refractivity (Wildman–Crippen MR) is 79.9 cm³/mol. The standard InChI is InChI=1S/C16H22N2O2/c1-2-13-6-5-9-17(12-13)10-11-18-14-7-3-4-8-15(14)20-16(18)19/h3-4,7-8,13H,2,5-6,9-12H2,1H3/t13-/m1/s1. The molecule has 2 aromatic rings. The van der Waals surface area contributed by atoms with Gasteiger partial charge in [-0.15, -0.1) is 0 Å². The number of para-hydroxylation sites is 2. The van der Waals surface area contributed by atoms with Crippen molar-refractivity contribution < 1.29 is 4.42 Å². The van der Waals surface area contributed by atoms with Crippen LogP contribution in [0.1, 0.15) is 26.2 Å². The molecule has 1 fully saturated rings. The predicted octanol–water partition coefficient (Wildman–Crippen LogP) is 2.72. The van der Waals surface area contributed by atoms with Crippen molar-refractivity contribution in [1.82, 2.24) is 9.47 Å². The van der Waals surface area contributed by atoms with E-state index in [-0.39, 0.29) is 5.76 Å². The molecule has 20 heavy (non-hydrogen) atoms. The number of piperidine rings is 1. The lowest BCUT2D eigenvalue weighted by Crippen LogP contribution is -2.38. The third-order valence-electron chi connectivity index (χ3n) is 4.39. The maximum atomic E-state index is 11.9. The highest BCUT2D eigenvalue weighted by molar-refractivity contribution is 5.72.